The first kappa shape index (κ1) is 14.0. The molecule has 0 saturated carbocycles. The van der Waals surface area contributed by atoms with E-state index in [2.05, 4.69) is 10.1 Å². The molecule has 0 bridgehead atoms. The van der Waals surface area contributed by atoms with E-state index < -0.39 is 6.36 Å². The van der Waals surface area contributed by atoms with Gasteiger partial charge in [0.2, 0.25) is 0 Å². The number of aryl methyl sites for hydroxylation is 1. The SMILES string of the molecule is Cc1ccccc1[C@H](C)NCCOC(F)(F)F. The van der Waals surface area contributed by atoms with Crippen LogP contribution in [0, 0.1) is 6.92 Å². The van der Waals surface area contributed by atoms with Crippen LogP contribution in [-0.2, 0) is 4.74 Å². The van der Waals surface area contributed by atoms with Crippen LogP contribution >= 0.6 is 0 Å². The van der Waals surface area contributed by atoms with Gasteiger partial charge in [0.25, 0.3) is 0 Å². The lowest BCUT2D eigenvalue weighted by Crippen LogP contribution is -2.26. The van der Waals surface area contributed by atoms with Crippen LogP contribution in [0.1, 0.15) is 24.1 Å². The monoisotopic (exact) mass is 247 g/mol. The van der Waals surface area contributed by atoms with Gasteiger partial charge in [-0.3, -0.25) is 4.74 Å². The molecule has 1 rings (SSSR count). The Morgan fingerprint density at radius 2 is 1.94 bits per heavy atom. The van der Waals surface area contributed by atoms with Crippen molar-refractivity contribution in [2.75, 3.05) is 13.2 Å². The number of rotatable bonds is 5. The zero-order chi connectivity index (χ0) is 12.9. The average molecular weight is 247 g/mol. The van der Waals surface area contributed by atoms with Crippen molar-refractivity contribution in [1.82, 2.24) is 5.32 Å². The van der Waals surface area contributed by atoms with Gasteiger partial charge >= 0.3 is 6.36 Å². The van der Waals surface area contributed by atoms with Crippen LogP contribution in [0.3, 0.4) is 0 Å². The highest BCUT2D eigenvalue weighted by Gasteiger charge is 2.28. The fraction of sp³-hybridized carbons (Fsp3) is 0.500. The molecule has 0 saturated heterocycles. The maximum Gasteiger partial charge on any atom is 0.522 e. The number of alkyl halides is 3. The molecule has 0 aromatic heterocycles. The standard InChI is InChI=1S/C12H16F3NO/c1-9-5-3-4-6-11(9)10(2)16-7-8-17-12(13,14)15/h3-6,10,16H,7-8H2,1-2H3/t10-/m0/s1. The number of ether oxygens (including phenoxy) is 1. The van der Waals surface area contributed by atoms with E-state index in [-0.39, 0.29) is 19.2 Å². The lowest BCUT2D eigenvalue weighted by atomic mass is 10.0. The third-order valence-electron chi connectivity index (χ3n) is 2.47. The van der Waals surface area contributed by atoms with Crippen molar-refractivity contribution < 1.29 is 17.9 Å². The van der Waals surface area contributed by atoms with Crippen molar-refractivity contribution in [3.63, 3.8) is 0 Å². The van der Waals surface area contributed by atoms with E-state index in [1.54, 1.807) is 0 Å². The summed E-state index contributed by atoms with van der Waals surface area (Å²) in [4.78, 5) is 0. The topological polar surface area (TPSA) is 21.3 Å². The highest BCUT2D eigenvalue weighted by molar-refractivity contribution is 5.28. The van der Waals surface area contributed by atoms with Crippen LogP contribution in [0.4, 0.5) is 13.2 Å². The summed E-state index contributed by atoms with van der Waals surface area (Å²) in [6.45, 7) is 3.67. The Bertz CT molecular complexity index is 352. The Morgan fingerprint density at radius 3 is 2.53 bits per heavy atom. The average Bonchev–Trinajstić information content (AvgIpc) is 2.23. The van der Waals surface area contributed by atoms with Crippen molar-refractivity contribution in [3.8, 4) is 0 Å². The molecule has 1 aromatic rings. The summed E-state index contributed by atoms with van der Waals surface area (Å²) >= 11 is 0. The molecule has 0 radical (unpaired) electrons. The second-order valence-corrected chi connectivity index (χ2v) is 3.83. The van der Waals surface area contributed by atoms with Gasteiger partial charge in [-0.25, -0.2) is 0 Å². The minimum atomic E-state index is -4.55. The molecule has 0 aliphatic carbocycles. The summed E-state index contributed by atoms with van der Waals surface area (Å²) in [5, 5.41) is 2.99. The molecule has 96 valence electrons. The fourth-order valence-corrected chi connectivity index (χ4v) is 1.62. The first-order chi connectivity index (χ1) is 7.90. The van der Waals surface area contributed by atoms with E-state index in [1.165, 1.54) is 0 Å². The highest BCUT2D eigenvalue weighted by atomic mass is 19.4. The first-order valence-corrected chi connectivity index (χ1v) is 5.40. The Hall–Kier alpha value is -1.07. The van der Waals surface area contributed by atoms with Crippen molar-refractivity contribution in [1.29, 1.82) is 0 Å². The summed E-state index contributed by atoms with van der Waals surface area (Å²) < 4.78 is 38.8. The zero-order valence-corrected chi connectivity index (χ0v) is 9.84. The quantitative estimate of drug-likeness (QED) is 0.807. The molecule has 5 heteroatoms. The number of hydrogen-bond acceptors (Lipinski definition) is 2. The molecule has 0 amide bonds. The second-order valence-electron chi connectivity index (χ2n) is 3.83. The molecule has 1 aromatic carbocycles. The summed E-state index contributed by atoms with van der Waals surface area (Å²) in [5.74, 6) is 0. The van der Waals surface area contributed by atoms with Gasteiger partial charge in [-0.15, -0.1) is 13.2 Å². The van der Waals surface area contributed by atoms with Crippen LogP contribution in [0.25, 0.3) is 0 Å². The summed E-state index contributed by atoms with van der Waals surface area (Å²) in [6.07, 6.45) is -4.55. The van der Waals surface area contributed by atoms with Crippen LogP contribution < -0.4 is 5.32 Å². The van der Waals surface area contributed by atoms with Crippen LogP contribution in [-0.4, -0.2) is 19.5 Å². The minimum Gasteiger partial charge on any atom is -0.308 e. The Balaban J connectivity index is 2.36. The second kappa shape index (κ2) is 6.02. The summed E-state index contributed by atoms with van der Waals surface area (Å²) in [5.41, 5.74) is 2.20. The summed E-state index contributed by atoms with van der Waals surface area (Å²) in [7, 11) is 0. The first-order valence-electron chi connectivity index (χ1n) is 5.40. The minimum absolute atomic E-state index is 0.00744. The predicted molar refractivity (Wildman–Crippen MR) is 59.6 cm³/mol. The van der Waals surface area contributed by atoms with E-state index in [0.717, 1.165) is 11.1 Å². The van der Waals surface area contributed by atoms with Crippen LogP contribution in [0.5, 0.6) is 0 Å². The Morgan fingerprint density at radius 1 is 1.29 bits per heavy atom. The van der Waals surface area contributed by atoms with Crippen molar-refractivity contribution in [2.24, 2.45) is 0 Å². The number of benzene rings is 1. The van der Waals surface area contributed by atoms with Gasteiger partial charge in [-0.2, -0.15) is 0 Å². The van der Waals surface area contributed by atoms with Crippen molar-refractivity contribution >= 4 is 0 Å². The third kappa shape index (κ3) is 5.19. The van der Waals surface area contributed by atoms with Gasteiger partial charge in [-0.1, -0.05) is 24.3 Å². The van der Waals surface area contributed by atoms with Crippen molar-refractivity contribution in [3.05, 3.63) is 35.4 Å². The van der Waals surface area contributed by atoms with E-state index in [0.29, 0.717) is 0 Å². The van der Waals surface area contributed by atoms with E-state index in [9.17, 15) is 13.2 Å². The number of halogens is 3. The summed E-state index contributed by atoms with van der Waals surface area (Å²) in [6, 6.07) is 7.77. The molecule has 0 unspecified atom stereocenters. The molecule has 0 aliphatic rings. The van der Waals surface area contributed by atoms with E-state index >= 15 is 0 Å². The Kier molecular flexibility index (Phi) is 4.96. The maximum atomic E-state index is 11.7. The fourth-order valence-electron chi connectivity index (χ4n) is 1.62. The van der Waals surface area contributed by atoms with E-state index in [4.69, 9.17) is 0 Å². The number of nitrogens with one attached hydrogen (secondary N) is 1. The predicted octanol–water partition coefficient (Wildman–Crippen LogP) is 3.18. The molecule has 1 N–H and O–H groups in total. The lowest BCUT2D eigenvalue weighted by molar-refractivity contribution is -0.323. The van der Waals surface area contributed by atoms with E-state index in [1.807, 2.05) is 38.1 Å². The lowest BCUT2D eigenvalue weighted by Gasteiger charge is -2.16. The third-order valence-corrected chi connectivity index (χ3v) is 2.47. The molecular formula is C12H16F3NO. The molecule has 17 heavy (non-hydrogen) atoms. The largest absolute Gasteiger partial charge is 0.522 e. The molecule has 0 aliphatic heterocycles. The van der Waals surface area contributed by atoms with Gasteiger partial charge in [-0.05, 0) is 25.0 Å². The van der Waals surface area contributed by atoms with Gasteiger partial charge in [0.15, 0.2) is 0 Å². The van der Waals surface area contributed by atoms with Crippen LogP contribution in [0.2, 0.25) is 0 Å². The number of hydrogen-bond donors (Lipinski definition) is 1. The molecule has 2 nitrogen and oxygen atoms in total. The maximum absolute atomic E-state index is 11.7. The Labute approximate surface area is 98.8 Å². The molecule has 0 fully saturated rings. The highest BCUT2D eigenvalue weighted by Crippen LogP contribution is 2.17. The normalized spacial score (nSPS) is 13.7. The van der Waals surface area contributed by atoms with Gasteiger partial charge in [0.05, 0.1) is 6.61 Å². The smallest absolute Gasteiger partial charge is 0.308 e. The molecule has 0 heterocycles. The van der Waals surface area contributed by atoms with Crippen molar-refractivity contribution in [2.45, 2.75) is 26.3 Å². The molecule has 0 spiro atoms. The molecule has 1 atom stereocenters. The van der Waals surface area contributed by atoms with Gasteiger partial charge < -0.3 is 5.32 Å². The van der Waals surface area contributed by atoms with Gasteiger partial charge in [0, 0.05) is 12.6 Å². The zero-order valence-electron chi connectivity index (χ0n) is 9.84. The molecular weight excluding hydrogens is 231 g/mol. The van der Waals surface area contributed by atoms with Crippen LogP contribution in [0.15, 0.2) is 24.3 Å². The van der Waals surface area contributed by atoms with Gasteiger partial charge in [0.1, 0.15) is 0 Å².